The monoisotopic (exact) mass is 457 g/mol. The van der Waals surface area contributed by atoms with Crippen LogP contribution in [-0.2, 0) is 17.8 Å². The molecule has 0 aliphatic carbocycles. The summed E-state index contributed by atoms with van der Waals surface area (Å²) in [6, 6.07) is 18.4. The molecule has 0 unspecified atom stereocenters. The van der Waals surface area contributed by atoms with E-state index in [-0.39, 0.29) is 12.1 Å². The lowest BCUT2D eigenvalue weighted by Crippen LogP contribution is -2.20. The Bertz CT molecular complexity index is 1120. The van der Waals surface area contributed by atoms with Crippen LogP contribution in [0.15, 0.2) is 71.8 Å². The zero-order valence-electron chi connectivity index (χ0n) is 16.1. The summed E-state index contributed by atoms with van der Waals surface area (Å²) >= 11 is 12.0. The molecule has 7 nitrogen and oxygen atoms in total. The number of halogens is 2. The standard InChI is InChI=1S/C22H17Cl2N3O4/c23-18-8-7-17(20(24)12-18)14-31-19-9-5-15(6-10-19)13-25-26-22(28)11-16-3-1-2-4-21(16)27(29)30/h1-10,12-13H,11,14H2,(H,26,28)/b25-13+. The van der Waals surface area contributed by atoms with Crippen LogP contribution in [0.4, 0.5) is 5.69 Å². The molecule has 1 amide bonds. The van der Waals surface area contributed by atoms with Gasteiger partial charge in [0.25, 0.3) is 5.69 Å². The van der Waals surface area contributed by atoms with Gasteiger partial charge < -0.3 is 4.74 Å². The molecule has 158 valence electrons. The molecule has 3 aromatic carbocycles. The van der Waals surface area contributed by atoms with Crippen LogP contribution in [0.2, 0.25) is 10.0 Å². The Morgan fingerprint density at radius 1 is 1.06 bits per heavy atom. The molecule has 9 heteroatoms. The van der Waals surface area contributed by atoms with Gasteiger partial charge in [0.1, 0.15) is 12.4 Å². The van der Waals surface area contributed by atoms with E-state index in [4.69, 9.17) is 27.9 Å². The molecule has 0 aromatic heterocycles. The van der Waals surface area contributed by atoms with Gasteiger partial charge in [0.05, 0.1) is 17.6 Å². The molecule has 0 spiro atoms. The summed E-state index contributed by atoms with van der Waals surface area (Å²) in [7, 11) is 0. The van der Waals surface area contributed by atoms with Crippen LogP contribution in [0.5, 0.6) is 5.75 Å². The molecule has 3 rings (SSSR count). The van der Waals surface area contributed by atoms with Gasteiger partial charge in [0.2, 0.25) is 5.91 Å². The highest BCUT2D eigenvalue weighted by molar-refractivity contribution is 6.35. The van der Waals surface area contributed by atoms with Crippen molar-refractivity contribution >= 4 is 41.0 Å². The minimum absolute atomic E-state index is 0.0999. The van der Waals surface area contributed by atoms with E-state index < -0.39 is 10.8 Å². The SMILES string of the molecule is O=C(Cc1ccccc1[N+](=O)[O-])N/N=C/c1ccc(OCc2ccc(Cl)cc2Cl)cc1. The Hall–Kier alpha value is -3.42. The summed E-state index contributed by atoms with van der Waals surface area (Å²) in [5.74, 6) is 0.189. The van der Waals surface area contributed by atoms with Crippen molar-refractivity contribution in [3.8, 4) is 5.75 Å². The highest BCUT2D eigenvalue weighted by atomic mass is 35.5. The van der Waals surface area contributed by atoms with Gasteiger partial charge in [-0.05, 0) is 42.0 Å². The van der Waals surface area contributed by atoms with Gasteiger partial charge in [0.15, 0.2) is 0 Å². The molecule has 0 radical (unpaired) electrons. The third kappa shape index (κ3) is 6.53. The topological polar surface area (TPSA) is 93.8 Å². The van der Waals surface area contributed by atoms with E-state index in [1.54, 1.807) is 54.6 Å². The number of nitrogens with zero attached hydrogens (tertiary/aromatic N) is 2. The number of hydrogen-bond donors (Lipinski definition) is 1. The van der Waals surface area contributed by atoms with E-state index in [0.717, 1.165) is 11.1 Å². The van der Waals surface area contributed by atoms with E-state index in [9.17, 15) is 14.9 Å². The van der Waals surface area contributed by atoms with Crippen LogP contribution in [0.1, 0.15) is 16.7 Å². The quantitative estimate of drug-likeness (QED) is 0.286. The molecule has 0 aliphatic rings. The third-order valence-corrected chi connectivity index (χ3v) is 4.82. The average molecular weight is 458 g/mol. The predicted octanol–water partition coefficient (Wildman–Crippen LogP) is 5.17. The maximum Gasteiger partial charge on any atom is 0.273 e. The lowest BCUT2D eigenvalue weighted by molar-refractivity contribution is -0.385. The van der Waals surface area contributed by atoms with Crippen LogP contribution < -0.4 is 10.2 Å². The summed E-state index contributed by atoms with van der Waals surface area (Å²) in [5, 5.41) is 16.0. The molecule has 0 fully saturated rings. The van der Waals surface area contributed by atoms with E-state index >= 15 is 0 Å². The van der Waals surface area contributed by atoms with Gasteiger partial charge in [-0.2, -0.15) is 5.10 Å². The summed E-state index contributed by atoms with van der Waals surface area (Å²) in [6.07, 6.45) is 1.33. The van der Waals surface area contributed by atoms with E-state index in [1.807, 2.05) is 0 Å². The first-order valence-electron chi connectivity index (χ1n) is 9.13. The molecule has 0 saturated heterocycles. The van der Waals surface area contributed by atoms with E-state index in [2.05, 4.69) is 10.5 Å². The highest BCUT2D eigenvalue weighted by Gasteiger charge is 2.15. The number of hydrazone groups is 1. The summed E-state index contributed by atoms with van der Waals surface area (Å²) < 4.78 is 5.71. The average Bonchev–Trinajstić information content (AvgIpc) is 2.74. The van der Waals surface area contributed by atoms with Crippen molar-refractivity contribution in [2.75, 3.05) is 0 Å². The Labute approximate surface area is 188 Å². The van der Waals surface area contributed by atoms with Crippen LogP contribution in [0.25, 0.3) is 0 Å². The Balaban J connectivity index is 1.51. The van der Waals surface area contributed by atoms with Crippen molar-refractivity contribution in [3.05, 3.63) is 104 Å². The maximum absolute atomic E-state index is 12.0. The molecule has 1 N–H and O–H groups in total. The number of nitro groups is 1. The van der Waals surface area contributed by atoms with Crippen LogP contribution >= 0.6 is 23.2 Å². The van der Waals surface area contributed by atoms with Gasteiger partial charge in [-0.15, -0.1) is 0 Å². The number of nitrogens with one attached hydrogen (secondary N) is 1. The van der Waals surface area contributed by atoms with Crippen molar-refractivity contribution in [3.63, 3.8) is 0 Å². The second-order valence-corrected chi connectivity index (χ2v) is 7.29. The molecule has 0 saturated carbocycles. The fourth-order valence-corrected chi connectivity index (χ4v) is 3.14. The minimum Gasteiger partial charge on any atom is -0.489 e. The van der Waals surface area contributed by atoms with E-state index in [0.29, 0.717) is 28.0 Å². The summed E-state index contributed by atoms with van der Waals surface area (Å²) in [4.78, 5) is 22.5. The first-order chi connectivity index (χ1) is 14.9. The lowest BCUT2D eigenvalue weighted by atomic mass is 10.1. The van der Waals surface area contributed by atoms with Crippen molar-refractivity contribution in [1.82, 2.24) is 5.43 Å². The smallest absolute Gasteiger partial charge is 0.273 e. The second-order valence-electron chi connectivity index (χ2n) is 6.45. The zero-order valence-corrected chi connectivity index (χ0v) is 17.6. The number of hydrogen-bond acceptors (Lipinski definition) is 5. The van der Waals surface area contributed by atoms with Gasteiger partial charge >= 0.3 is 0 Å². The molecule has 0 heterocycles. The number of para-hydroxylation sites is 1. The minimum atomic E-state index is -0.517. The van der Waals surface area contributed by atoms with E-state index in [1.165, 1.54) is 18.3 Å². The first kappa shape index (κ1) is 22.3. The molecule has 0 aliphatic heterocycles. The third-order valence-electron chi connectivity index (χ3n) is 4.23. The van der Waals surface area contributed by atoms with Gasteiger partial charge in [0, 0.05) is 27.2 Å². The normalized spacial score (nSPS) is 10.8. The number of nitro benzene ring substituents is 1. The number of carbonyl (C=O) groups is 1. The summed E-state index contributed by atoms with van der Waals surface area (Å²) in [6.45, 7) is 0.297. The molecular weight excluding hydrogens is 441 g/mol. The van der Waals surface area contributed by atoms with Gasteiger partial charge in [-0.1, -0.05) is 47.5 Å². The predicted molar refractivity (Wildman–Crippen MR) is 120 cm³/mol. The fourth-order valence-electron chi connectivity index (χ4n) is 2.68. The Kier molecular flexibility index (Phi) is 7.59. The number of amides is 1. The van der Waals surface area contributed by atoms with Crippen molar-refractivity contribution in [2.24, 2.45) is 5.10 Å². The molecule has 31 heavy (non-hydrogen) atoms. The largest absolute Gasteiger partial charge is 0.489 e. The van der Waals surface area contributed by atoms with Crippen molar-refractivity contribution in [1.29, 1.82) is 0 Å². The van der Waals surface area contributed by atoms with Gasteiger partial charge in [-0.3, -0.25) is 14.9 Å². The second kappa shape index (κ2) is 10.6. The number of rotatable bonds is 8. The molecular formula is C22H17Cl2N3O4. The Morgan fingerprint density at radius 3 is 2.52 bits per heavy atom. The molecule has 0 bridgehead atoms. The van der Waals surface area contributed by atoms with Crippen molar-refractivity contribution in [2.45, 2.75) is 13.0 Å². The molecule has 0 atom stereocenters. The van der Waals surface area contributed by atoms with Crippen LogP contribution in [0, 0.1) is 10.1 Å². The van der Waals surface area contributed by atoms with Crippen LogP contribution in [-0.4, -0.2) is 17.0 Å². The van der Waals surface area contributed by atoms with Gasteiger partial charge in [-0.25, -0.2) is 5.43 Å². The lowest BCUT2D eigenvalue weighted by Gasteiger charge is -2.08. The maximum atomic E-state index is 12.0. The number of ether oxygens (including phenoxy) is 1. The number of benzene rings is 3. The fraction of sp³-hybridized carbons (Fsp3) is 0.0909. The molecule has 3 aromatic rings. The van der Waals surface area contributed by atoms with Crippen molar-refractivity contribution < 1.29 is 14.5 Å². The highest BCUT2D eigenvalue weighted by Crippen LogP contribution is 2.23. The zero-order chi connectivity index (χ0) is 22.2. The first-order valence-corrected chi connectivity index (χ1v) is 9.89. The summed E-state index contributed by atoms with van der Waals surface area (Å²) in [5.41, 5.74) is 4.15. The Morgan fingerprint density at radius 2 is 1.81 bits per heavy atom. The van der Waals surface area contributed by atoms with Crippen LogP contribution in [0.3, 0.4) is 0 Å². The number of carbonyl (C=O) groups excluding carboxylic acids is 1.